The van der Waals surface area contributed by atoms with Crippen molar-refractivity contribution in [3.63, 3.8) is 0 Å². The van der Waals surface area contributed by atoms with E-state index in [1.165, 1.54) is 0 Å². The zero-order valence-corrected chi connectivity index (χ0v) is 9.50. The molecule has 9 heteroatoms. The second-order valence-corrected chi connectivity index (χ2v) is 3.46. The minimum absolute atomic E-state index is 0.212. The van der Waals surface area contributed by atoms with Gasteiger partial charge in [0, 0.05) is 12.1 Å². The summed E-state index contributed by atoms with van der Waals surface area (Å²) in [6.07, 6.45) is -4.77. The molecule has 0 radical (unpaired) electrons. The summed E-state index contributed by atoms with van der Waals surface area (Å²) in [4.78, 5) is 13.0. The molecule has 5 nitrogen and oxygen atoms in total. The highest BCUT2D eigenvalue weighted by molar-refractivity contribution is 6.28. The Morgan fingerprint density at radius 3 is 2.56 bits per heavy atom. The fraction of sp³-hybridized carbons (Fsp3) is 0.222. The molecule has 0 amide bonds. The predicted octanol–water partition coefficient (Wildman–Crippen LogP) is 2.84. The Hall–Kier alpha value is -1.83. The zero-order valence-electron chi connectivity index (χ0n) is 8.74. The van der Waals surface area contributed by atoms with Gasteiger partial charge < -0.3 is 5.73 Å². The first-order chi connectivity index (χ1) is 8.25. The number of nitro groups is 1. The lowest BCUT2D eigenvalue weighted by Gasteiger charge is -2.09. The Bertz CT molecular complexity index is 502. The minimum atomic E-state index is -4.77. The summed E-state index contributed by atoms with van der Waals surface area (Å²) in [5, 5.41) is 10.4. The van der Waals surface area contributed by atoms with E-state index in [1.54, 1.807) is 0 Å². The van der Waals surface area contributed by atoms with Crippen LogP contribution >= 0.6 is 11.6 Å². The average Bonchev–Trinajstić information content (AvgIpc) is 2.27. The molecular formula is C9H7ClF3N3O2. The Morgan fingerprint density at radius 1 is 1.50 bits per heavy atom. The molecule has 1 aromatic carbocycles. The van der Waals surface area contributed by atoms with Crippen LogP contribution in [0.15, 0.2) is 23.2 Å². The molecule has 0 saturated heterocycles. The first kappa shape index (κ1) is 14.2. The van der Waals surface area contributed by atoms with Crippen molar-refractivity contribution in [2.24, 2.45) is 10.7 Å². The summed E-state index contributed by atoms with van der Waals surface area (Å²) in [5.74, 6) is -0.454. The van der Waals surface area contributed by atoms with E-state index < -0.39 is 28.0 Å². The lowest BCUT2D eigenvalue weighted by atomic mass is 10.1. The summed E-state index contributed by atoms with van der Waals surface area (Å²) in [5.41, 5.74) is 2.82. The van der Waals surface area contributed by atoms with Crippen LogP contribution in [0.25, 0.3) is 0 Å². The van der Waals surface area contributed by atoms with Gasteiger partial charge in [0.15, 0.2) is 0 Å². The third-order valence-electron chi connectivity index (χ3n) is 1.90. The number of amidine groups is 1. The van der Waals surface area contributed by atoms with Crippen LogP contribution in [-0.4, -0.2) is 16.6 Å². The average molecular weight is 282 g/mol. The van der Waals surface area contributed by atoms with E-state index in [4.69, 9.17) is 17.3 Å². The number of alkyl halides is 4. The summed E-state index contributed by atoms with van der Waals surface area (Å²) in [7, 11) is 0. The number of nitrogens with two attached hydrogens (primary N) is 1. The van der Waals surface area contributed by atoms with Gasteiger partial charge in [0.05, 0.1) is 22.1 Å². The zero-order chi connectivity index (χ0) is 13.9. The SMILES string of the molecule is NC(CCl)=Nc1ccc([N+](=O)[O-])cc1C(F)(F)F. The van der Waals surface area contributed by atoms with Crippen LogP contribution < -0.4 is 5.73 Å². The van der Waals surface area contributed by atoms with Crippen LogP contribution in [0.4, 0.5) is 24.5 Å². The van der Waals surface area contributed by atoms with Gasteiger partial charge in [0.2, 0.25) is 0 Å². The third kappa shape index (κ3) is 3.33. The predicted molar refractivity (Wildman–Crippen MR) is 60.1 cm³/mol. The van der Waals surface area contributed by atoms with Crippen molar-refractivity contribution in [2.45, 2.75) is 6.18 Å². The number of halogens is 4. The van der Waals surface area contributed by atoms with Gasteiger partial charge in [-0.25, -0.2) is 4.99 Å². The Balaban J connectivity index is 3.39. The molecule has 0 aromatic heterocycles. The molecule has 0 bridgehead atoms. The van der Waals surface area contributed by atoms with E-state index in [2.05, 4.69) is 4.99 Å². The van der Waals surface area contributed by atoms with E-state index in [0.717, 1.165) is 12.1 Å². The summed E-state index contributed by atoms with van der Waals surface area (Å²) in [6, 6.07) is 2.19. The van der Waals surface area contributed by atoms with Crippen LogP contribution in [0, 0.1) is 10.1 Å². The van der Waals surface area contributed by atoms with Crippen molar-refractivity contribution >= 4 is 28.8 Å². The summed E-state index contributed by atoms with van der Waals surface area (Å²) in [6.45, 7) is 0. The van der Waals surface area contributed by atoms with E-state index in [9.17, 15) is 23.3 Å². The van der Waals surface area contributed by atoms with Crippen LogP contribution in [0.2, 0.25) is 0 Å². The van der Waals surface area contributed by atoms with E-state index in [1.807, 2.05) is 0 Å². The fourth-order valence-corrected chi connectivity index (χ4v) is 1.21. The van der Waals surface area contributed by atoms with Gasteiger partial charge in [-0.05, 0) is 6.07 Å². The number of hydrogen-bond donors (Lipinski definition) is 1. The smallest absolute Gasteiger partial charge is 0.386 e. The van der Waals surface area contributed by atoms with Gasteiger partial charge in [-0.1, -0.05) is 0 Å². The molecule has 0 unspecified atom stereocenters. The molecule has 0 spiro atoms. The van der Waals surface area contributed by atoms with Crippen molar-refractivity contribution in [3.05, 3.63) is 33.9 Å². The normalized spacial score (nSPS) is 12.6. The summed E-state index contributed by atoms with van der Waals surface area (Å²) < 4.78 is 38.0. The van der Waals surface area contributed by atoms with Gasteiger partial charge in [0.1, 0.15) is 5.84 Å². The van der Waals surface area contributed by atoms with Gasteiger partial charge in [-0.2, -0.15) is 13.2 Å². The van der Waals surface area contributed by atoms with Crippen LogP contribution in [0.3, 0.4) is 0 Å². The van der Waals surface area contributed by atoms with E-state index in [-0.39, 0.29) is 11.7 Å². The van der Waals surface area contributed by atoms with Gasteiger partial charge in [0.25, 0.3) is 5.69 Å². The Kier molecular flexibility index (Phi) is 4.12. The van der Waals surface area contributed by atoms with Crippen LogP contribution in [0.5, 0.6) is 0 Å². The molecule has 0 aliphatic carbocycles. The second kappa shape index (κ2) is 5.21. The maximum Gasteiger partial charge on any atom is 0.418 e. The first-order valence-corrected chi connectivity index (χ1v) is 5.03. The highest BCUT2D eigenvalue weighted by Crippen LogP contribution is 2.38. The molecule has 98 valence electrons. The molecule has 0 aliphatic rings. The third-order valence-corrected chi connectivity index (χ3v) is 2.17. The number of non-ortho nitro benzene ring substituents is 1. The monoisotopic (exact) mass is 281 g/mol. The van der Waals surface area contributed by atoms with Gasteiger partial charge in [-0.3, -0.25) is 10.1 Å². The standard InChI is InChI=1S/C9H7ClF3N3O2/c10-4-8(14)15-7-2-1-5(16(17)18)3-6(7)9(11,12)13/h1-3H,4H2,(H2,14,15). The number of nitrogens with zero attached hydrogens (tertiary/aromatic N) is 2. The highest BCUT2D eigenvalue weighted by Gasteiger charge is 2.35. The molecule has 2 N–H and O–H groups in total. The van der Waals surface area contributed by atoms with Crippen molar-refractivity contribution in [3.8, 4) is 0 Å². The van der Waals surface area contributed by atoms with E-state index >= 15 is 0 Å². The lowest BCUT2D eigenvalue weighted by Crippen LogP contribution is -2.13. The number of aliphatic imine (C=N–C) groups is 1. The minimum Gasteiger partial charge on any atom is -0.386 e. The number of benzene rings is 1. The molecular weight excluding hydrogens is 275 g/mol. The second-order valence-electron chi connectivity index (χ2n) is 3.19. The molecule has 18 heavy (non-hydrogen) atoms. The van der Waals surface area contributed by atoms with Crippen molar-refractivity contribution in [1.82, 2.24) is 0 Å². The molecule has 0 atom stereocenters. The fourth-order valence-electron chi connectivity index (χ4n) is 1.15. The maximum atomic E-state index is 12.7. The molecule has 0 saturated carbocycles. The van der Waals surface area contributed by atoms with Crippen molar-refractivity contribution in [1.29, 1.82) is 0 Å². The van der Waals surface area contributed by atoms with Crippen molar-refractivity contribution in [2.75, 3.05) is 5.88 Å². The van der Waals surface area contributed by atoms with Crippen molar-refractivity contribution < 1.29 is 18.1 Å². The molecule has 1 aromatic rings. The molecule has 0 fully saturated rings. The number of rotatable bonds is 3. The Labute approximate surface area is 104 Å². The molecule has 0 aliphatic heterocycles. The number of hydrogen-bond acceptors (Lipinski definition) is 3. The Morgan fingerprint density at radius 2 is 2.11 bits per heavy atom. The van der Waals surface area contributed by atoms with E-state index in [0.29, 0.717) is 6.07 Å². The highest BCUT2D eigenvalue weighted by atomic mass is 35.5. The topological polar surface area (TPSA) is 81.5 Å². The molecule has 1 rings (SSSR count). The number of nitro benzene ring substituents is 1. The summed E-state index contributed by atoms with van der Waals surface area (Å²) >= 11 is 5.30. The molecule has 0 heterocycles. The quantitative estimate of drug-likeness (QED) is 0.304. The maximum absolute atomic E-state index is 12.7. The van der Waals surface area contributed by atoms with Crippen LogP contribution in [-0.2, 0) is 6.18 Å². The van der Waals surface area contributed by atoms with Gasteiger partial charge in [-0.15, -0.1) is 11.6 Å². The van der Waals surface area contributed by atoms with Gasteiger partial charge >= 0.3 is 6.18 Å². The largest absolute Gasteiger partial charge is 0.418 e. The lowest BCUT2D eigenvalue weighted by molar-refractivity contribution is -0.385. The van der Waals surface area contributed by atoms with Crippen LogP contribution in [0.1, 0.15) is 5.56 Å². The first-order valence-electron chi connectivity index (χ1n) is 4.50.